The molecule has 0 unspecified atom stereocenters. The van der Waals surface area contributed by atoms with Gasteiger partial charge in [0.25, 0.3) is 5.91 Å². The van der Waals surface area contributed by atoms with Gasteiger partial charge in [-0.15, -0.1) is 0 Å². The average molecular weight is 368 g/mol. The molecule has 0 bridgehead atoms. The summed E-state index contributed by atoms with van der Waals surface area (Å²) in [5, 5.41) is 2.46. The van der Waals surface area contributed by atoms with Crippen LogP contribution in [0.1, 0.15) is 51.5 Å². The lowest BCUT2D eigenvalue weighted by molar-refractivity contribution is -0.137. The number of aromatic amines is 1. The highest BCUT2D eigenvalue weighted by atomic mass is 19.4. The number of H-pyrrole nitrogens is 1. The van der Waals surface area contributed by atoms with Crippen LogP contribution in [-0.2, 0) is 17.3 Å². The summed E-state index contributed by atoms with van der Waals surface area (Å²) in [6.07, 6.45) is -4.12. The van der Waals surface area contributed by atoms with E-state index >= 15 is 0 Å². The fraction of sp³-hybridized carbons (Fsp3) is 0.333. The molecule has 26 heavy (non-hydrogen) atoms. The van der Waals surface area contributed by atoms with Crippen molar-refractivity contribution in [1.82, 2.24) is 4.98 Å². The zero-order valence-electron chi connectivity index (χ0n) is 14.6. The first-order chi connectivity index (χ1) is 12.2. The average Bonchev–Trinajstić information content (AvgIpc) is 2.91. The molecular weight excluding hydrogens is 349 g/mol. The Balaban J connectivity index is 2.35. The fourth-order valence-electron chi connectivity index (χ4n) is 2.68. The molecule has 0 aliphatic heterocycles. The molecule has 0 atom stereocenters. The number of benzene rings is 1. The van der Waals surface area contributed by atoms with Crippen LogP contribution in [0.25, 0.3) is 0 Å². The third-order valence-corrected chi connectivity index (χ3v) is 3.80. The zero-order valence-corrected chi connectivity index (χ0v) is 14.6. The van der Waals surface area contributed by atoms with Gasteiger partial charge in [0.1, 0.15) is 5.69 Å². The summed E-state index contributed by atoms with van der Waals surface area (Å²) in [4.78, 5) is 27.5. The Labute approximate surface area is 148 Å². The Kier molecular flexibility index (Phi) is 5.74. The Bertz CT molecular complexity index is 826. The van der Waals surface area contributed by atoms with Crippen molar-refractivity contribution in [3.8, 4) is 0 Å². The predicted molar refractivity (Wildman–Crippen MR) is 90.3 cm³/mol. The molecule has 140 valence electrons. The van der Waals surface area contributed by atoms with Crippen LogP contribution in [0.4, 0.5) is 18.9 Å². The SMILES string of the molecule is CCOC(=O)c1[nH]c(C)c(C(=O)Nc2cccc(C(F)(F)F)c2)c1CC. The van der Waals surface area contributed by atoms with Gasteiger partial charge in [0.2, 0.25) is 0 Å². The number of hydrogen-bond donors (Lipinski definition) is 2. The van der Waals surface area contributed by atoms with E-state index in [0.29, 0.717) is 17.7 Å². The van der Waals surface area contributed by atoms with E-state index in [1.54, 1.807) is 20.8 Å². The summed E-state index contributed by atoms with van der Waals surface area (Å²) in [5.74, 6) is -1.17. The van der Waals surface area contributed by atoms with Crippen LogP contribution in [0.2, 0.25) is 0 Å². The number of ether oxygens (including phenoxy) is 1. The Hall–Kier alpha value is -2.77. The second kappa shape index (κ2) is 7.63. The zero-order chi connectivity index (χ0) is 19.5. The molecule has 2 aromatic rings. The molecule has 1 aromatic carbocycles. The van der Waals surface area contributed by atoms with E-state index in [1.165, 1.54) is 12.1 Å². The molecule has 0 fully saturated rings. The summed E-state index contributed by atoms with van der Waals surface area (Å²) in [5.41, 5.74) is 0.475. The summed E-state index contributed by atoms with van der Waals surface area (Å²) in [6, 6.07) is 4.37. The Morgan fingerprint density at radius 3 is 2.50 bits per heavy atom. The summed E-state index contributed by atoms with van der Waals surface area (Å²) < 4.78 is 43.4. The van der Waals surface area contributed by atoms with Gasteiger partial charge in [-0.3, -0.25) is 4.79 Å². The topological polar surface area (TPSA) is 71.2 Å². The highest BCUT2D eigenvalue weighted by Crippen LogP contribution is 2.31. The minimum Gasteiger partial charge on any atom is -0.461 e. The van der Waals surface area contributed by atoms with E-state index in [1.807, 2.05) is 0 Å². The van der Waals surface area contributed by atoms with Crippen LogP contribution in [0.15, 0.2) is 24.3 Å². The van der Waals surface area contributed by atoms with Crippen molar-refractivity contribution in [3.63, 3.8) is 0 Å². The minimum atomic E-state index is -4.50. The van der Waals surface area contributed by atoms with Gasteiger partial charge in [-0.1, -0.05) is 13.0 Å². The van der Waals surface area contributed by atoms with E-state index in [0.717, 1.165) is 12.1 Å². The third kappa shape index (κ3) is 4.07. The number of carbonyl (C=O) groups is 2. The van der Waals surface area contributed by atoms with Gasteiger partial charge in [-0.2, -0.15) is 13.2 Å². The van der Waals surface area contributed by atoms with Gasteiger partial charge in [0.05, 0.1) is 17.7 Å². The van der Waals surface area contributed by atoms with E-state index in [-0.39, 0.29) is 23.6 Å². The molecular formula is C18H19F3N2O3. The van der Waals surface area contributed by atoms with Gasteiger partial charge in [-0.25, -0.2) is 4.79 Å². The molecule has 8 heteroatoms. The van der Waals surface area contributed by atoms with Crippen LogP contribution < -0.4 is 5.32 Å². The van der Waals surface area contributed by atoms with Gasteiger partial charge >= 0.3 is 12.1 Å². The maximum Gasteiger partial charge on any atom is 0.416 e. The number of carbonyl (C=O) groups excluding carboxylic acids is 2. The second-order valence-electron chi connectivity index (χ2n) is 5.59. The first-order valence-electron chi connectivity index (χ1n) is 8.06. The number of aryl methyl sites for hydroxylation is 1. The van der Waals surface area contributed by atoms with Gasteiger partial charge in [0.15, 0.2) is 0 Å². The van der Waals surface area contributed by atoms with Crippen LogP contribution in [-0.4, -0.2) is 23.5 Å². The number of nitrogens with one attached hydrogen (secondary N) is 2. The number of aromatic nitrogens is 1. The molecule has 2 rings (SSSR count). The highest BCUT2D eigenvalue weighted by molar-refractivity contribution is 6.08. The van der Waals surface area contributed by atoms with Gasteiger partial charge < -0.3 is 15.0 Å². The van der Waals surface area contributed by atoms with E-state index in [2.05, 4.69) is 10.3 Å². The lowest BCUT2D eigenvalue weighted by Crippen LogP contribution is -2.16. The number of halogens is 3. The highest BCUT2D eigenvalue weighted by Gasteiger charge is 2.31. The molecule has 0 radical (unpaired) electrons. The standard InChI is InChI=1S/C18H19F3N2O3/c1-4-13-14(10(3)22-15(13)17(25)26-5-2)16(24)23-12-8-6-7-11(9-12)18(19,20)21/h6-9,22H,4-5H2,1-3H3,(H,23,24). The number of rotatable bonds is 5. The van der Waals surface area contributed by atoms with E-state index in [4.69, 9.17) is 4.74 Å². The quantitative estimate of drug-likeness (QED) is 0.772. The molecule has 5 nitrogen and oxygen atoms in total. The van der Waals surface area contributed by atoms with Gasteiger partial charge in [0, 0.05) is 11.4 Å². The molecule has 2 N–H and O–H groups in total. The molecule has 0 saturated heterocycles. The Morgan fingerprint density at radius 1 is 1.23 bits per heavy atom. The molecule has 0 aliphatic rings. The Morgan fingerprint density at radius 2 is 1.92 bits per heavy atom. The predicted octanol–water partition coefficient (Wildman–Crippen LogP) is 4.33. The number of alkyl halides is 3. The normalized spacial score (nSPS) is 11.3. The minimum absolute atomic E-state index is 0.0187. The molecule has 1 heterocycles. The first kappa shape index (κ1) is 19.6. The summed E-state index contributed by atoms with van der Waals surface area (Å²) in [7, 11) is 0. The smallest absolute Gasteiger partial charge is 0.416 e. The number of amides is 1. The van der Waals surface area contributed by atoms with Crippen molar-refractivity contribution in [2.24, 2.45) is 0 Å². The maximum absolute atomic E-state index is 12.8. The van der Waals surface area contributed by atoms with Crippen molar-refractivity contribution in [1.29, 1.82) is 0 Å². The van der Waals surface area contributed by atoms with Crippen LogP contribution in [0.5, 0.6) is 0 Å². The van der Waals surface area contributed by atoms with Gasteiger partial charge in [-0.05, 0) is 44.0 Å². The van der Waals surface area contributed by atoms with Crippen molar-refractivity contribution in [2.75, 3.05) is 11.9 Å². The summed E-state index contributed by atoms with van der Waals surface area (Å²) in [6.45, 7) is 5.24. The fourth-order valence-corrected chi connectivity index (χ4v) is 2.68. The number of esters is 1. The second-order valence-corrected chi connectivity index (χ2v) is 5.59. The molecule has 1 aromatic heterocycles. The molecule has 1 amide bonds. The van der Waals surface area contributed by atoms with Crippen molar-refractivity contribution in [3.05, 3.63) is 52.3 Å². The van der Waals surface area contributed by atoms with Crippen LogP contribution in [0, 0.1) is 6.92 Å². The summed E-state index contributed by atoms with van der Waals surface area (Å²) >= 11 is 0. The van der Waals surface area contributed by atoms with Crippen LogP contribution >= 0.6 is 0 Å². The monoisotopic (exact) mass is 368 g/mol. The molecule has 0 saturated carbocycles. The van der Waals surface area contributed by atoms with E-state index < -0.39 is 23.6 Å². The van der Waals surface area contributed by atoms with Crippen molar-refractivity contribution >= 4 is 17.6 Å². The van der Waals surface area contributed by atoms with Crippen molar-refractivity contribution < 1.29 is 27.5 Å². The van der Waals surface area contributed by atoms with Crippen LogP contribution in [0.3, 0.4) is 0 Å². The number of anilines is 1. The largest absolute Gasteiger partial charge is 0.461 e. The lowest BCUT2D eigenvalue weighted by atomic mass is 10.0. The number of hydrogen-bond acceptors (Lipinski definition) is 3. The van der Waals surface area contributed by atoms with Crippen molar-refractivity contribution in [2.45, 2.75) is 33.4 Å². The first-order valence-corrected chi connectivity index (χ1v) is 8.06. The molecule has 0 aliphatic carbocycles. The lowest BCUT2D eigenvalue weighted by Gasteiger charge is -2.11. The van der Waals surface area contributed by atoms with E-state index in [9.17, 15) is 22.8 Å². The molecule has 0 spiro atoms. The third-order valence-electron chi connectivity index (χ3n) is 3.80. The maximum atomic E-state index is 12.8.